The number of esters is 2. The summed E-state index contributed by atoms with van der Waals surface area (Å²) in [6.45, 7) is 4.34. The normalized spacial score (nSPS) is 13.7. The molecular weight excluding hydrogens is 1160 g/mol. The molecule has 0 amide bonds. The van der Waals surface area contributed by atoms with Crippen molar-refractivity contribution < 1.29 is 42.1 Å². The highest BCUT2D eigenvalue weighted by Crippen LogP contribution is 2.43. The molecule has 0 fully saturated rings. The van der Waals surface area contributed by atoms with Crippen LogP contribution in [0.2, 0.25) is 0 Å². The summed E-state index contributed by atoms with van der Waals surface area (Å²) >= 11 is 0. The number of nitrogens with zero attached hydrogens (tertiary/aromatic N) is 1. The average molecular weight is 1310 g/mol. The number of ether oxygens (including phenoxy) is 2. The van der Waals surface area contributed by atoms with Gasteiger partial charge in [-0.3, -0.25) is 18.6 Å². The summed E-state index contributed by atoms with van der Waals surface area (Å²) in [6.07, 6.45) is 102. The van der Waals surface area contributed by atoms with Crippen molar-refractivity contribution in [3.05, 3.63) is 109 Å². The number of rotatable bonds is 71. The molecule has 532 valence electrons. The number of allylic oxidation sites excluding steroid dienone is 18. The maximum Gasteiger partial charge on any atom is 0.472 e. The second kappa shape index (κ2) is 72.0. The van der Waals surface area contributed by atoms with Gasteiger partial charge in [-0.05, 0) is 103 Å². The Hall–Kier alpha value is -3.33. The number of phosphoric acid groups is 1. The van der Waals surface area contributed by atoms with E-state index in [0.717, 1.165) is 89.9 Å². The van der Waals surface area contributed by atoms with E-state index < -0.39 is 26.5 Å². The van der Waals surface area contributed by atoms with Crippen molar-refractivity contribution in [3.63, 3.8) is 0 Å². The molecule has 0 saturated heterocycles. The Morgan fingerprint density at radius 2 is 0.620 bits per heavy atom. The van der Waals surface area contributed by atoms with E-state index in [1.165, 1.54) is 225 Å². The fourth-order valence-electron chi connectivity index (χ4n) is 10.9. The van der Waals surface area contributed by atoms with Gasteiger partial charge in [-0.1, -0.05) is 342 Å². The zero-order valence-corrected chi connectivity index (χ0v) is 61.7. The Kier molecular flexibility index (Phi) is 69.3. The first-order valence-electron chi connectivity index (χ1n) is 38.6. The predicted octanol–water partition coefficient (Wildman–Crippen LogP) is 25.6. The van der Waals surface area contributed by atoms with Gasteiger partial charge in [0.05, 0.1) is 27.7 Å². The SMILES string of the molecule is CC/C=C\C/C=C\C/C=C\C/C=C\C/C=C\C/C=C\CCCCCCCCCCCCCCC(=O)OC(COC(=O)CCCCCCCCCCCCCCCCCCCCCCCC/C=C\C/C=C\C/C=C\CCCCCCC)COP(=O)(O)OCC[N+](C)(C)C. The molecule has 0 aliphatic rings. The molecule has 0 rings (SSSR count). The third-order valence-electron chi connectivity index (χ3n) is 16.8. The molecule has 0 aliphatic heterocycles. The van der Waals surface area contributed by atoms with Crippen molar-refractivity contribution in [2.24, 2.45) is 0 Å². The highest BCUT2D eigenvalue weighted by molar-refractivity contribution is 7.47. The third kappa shape index (κ3) is 75.7. The van der Waals surface area contributed by atoms with Crippen molar-refractivity contribution in [1.29, 1.82) is 0 Å². The average Bonchev–Trinajstić information content (AvgIpc) is 2.14. The molecule has 10 heteroatoms. The van der Waals surface area contributed by atoms with Gasteiger partial charge in [0.2, 0.25) is 0 Å². The van der Waals surface area contributed by atoms with Crippen LogP contribution >= 0.6 is 7.82 Å². The van der Waals surface area contributed by atoms with Crippen molar-refractivity contribution in [2.75, 3.05) is 47.5 Å². The smallest absolute Gasteiger partial charge is 0.462 e. The van der Waals surface area contributed by atoms with Crippen LogP contribution in [0.1, 0.15) is 348 Å². The van der Waals surface area contributed by atoms with Gasteiger partial charge in [0, 0.05) is 12.8 Å². The largest absolute Gasteiger partial charge is 0.472 e. The van der Waals surface area contributed by atoms with Crippen LogP contribution in [0.15, 0.2) is 109 Å². The van der Waals surface area contributed by atoms with E-state index >= 15 is 0 Å². The molecule has 9 nitrogen and oxygen atoms in total. The third-order valence-corrected chi connectivity index (χ3v) is 17.8. The van der Waals surface area contributed by atoms with E-state index in [9.17, 15) is 19.0 Å². The second-order valence-electron chi connectivity index (χ2n) is 27.0. The van der Waals surface area contributed by atoms with Crippen molar-refractivity contribution in [1.82, 2.24) is 0 Å². The maximum absolute atomic E-state index is 12.9. The molecule has 0 aromatic carbocycles. The Morgan fingerprint density at radius 3 is 0.924 bits per heavy atom. The first-order valence-corrected chi connectivity index (χ1v) is 40.1. The summed E-state index contributed by atoms with van der Waals surface area (Å²) in [5, 5.41) is 0. The summed E-state index contributed by atoms with van der Waals surface area (Å²) in [5.41, 5.74) is 0. The minimum atomic E-state index is -4.40. The molecule has 0 aliphatic carbocycles. The minimum absolute atomic E-state index is 0.0289. The topological polar surface area (TPSA) is 108 Å². The van der Waals surface area contributed by atoms with E-state index in [1.807, 2.05) is 21.1 Å². The van der Waals surface area contributed by atoms with Crippen molar-refractivity contribution >= 4 is 19.8 Å². The van der Waals surface area contributed by atoms with Crippen LogP contribution in [0.25, 0.3) is 0 Å². The van der Waals surface area contributed by atoms with Crippen LogP contribution in [0.4, 0.5) is 0 Å². The van der Waals surface area contributed by atoms with E-state index in [4.69, 9.17) is 18.5 Å². The number of hydrogen-bond acceptors (Lipinski definition) is 7. The summed E-state index contributed by atoms with van der Waals surface area (Å²) in [4.78, 5) is 36.0. The number of quaternary nitrogens is 1. The van der Waals surface area contributed by atoms with Gasteiger partial charge in [0.25, 0.3) is 0 Å². The van der Waals surface area contributed by atoms with E-state index in [0.29, 0.717) is 17.4 Å². The van der Waals surface area contributed by atoms with Gasteiger partial charge in [-0.2, -0.15) is 0 Å². The zero-order valence-electron chi connectivity index (χ0n) is 60.8. The molecule has 0 saturated carbocycles. The van der Waals surface area contributed by atoms with Gasteiger partial charge >= 0.3 is 19.8 Å². The maximum atomic E-state index is 12.9. The number of carbonyl (C=O) groups is 2. The molecule has 1 N–H and O–H groups in total. The van der Waals surface area contributed by atoms with Gasteiger partial charge < -0.3 is 18.9 Å². The fraction of sp³-hybridized carbons (Fsp3) is 0.756. The molecule has 0 heterocycles. The highest BCUT2D eigenvalue weighted by atomic mass is 31.2. The molecule has 0 aromatic rings. The van der Waals surface area contributed by atoms with Gasteiger partial charge in [-0.15, -0.1) is 0 Å². The predicted molar refractivity (Wildman–Crippen MR) is 399 cm³/mol. The van der Waals surface area contributed by atoms with E-state index in [1.54, 1.807) is 0 Å². The minimum Gasteiger partial charge on any atom is -0.462 e. The summed E-state index contributed by atoms with van der Waals surface area (Å²) < 4.78 is 34.8. The zero-order chi connectivity index (χ0) is 66.9. The quantitative estimate of drug-likeness (QED) is 0.0211. The van der Waals surface area contributed by atoms with Gasteiger partial charge in [0.15, 0.2) is 6.10 Å². The molecule has 2 unspecified atom stereocenters. The lowest BCUT2D eigenvalue weighted by atomic mass is 10.0. The molecule has 92 heavy (non-hydrogen) atoms. The number of hydrogen-bond donors (Lipinski definition) is 1. The van der Waals surface area contributed by atoms with Crippen LogP contribution in [0.3, 0.4) is 0 Å². The van der Waals surface area contributed by atoms with Crippen LogP contribution in [-0.4, -0.2) is 74.9 Å². The van der Waals surface area contributed by atoms with Crippen LogP contribution < -0.4 is 0 Å². The number of unbranched alkanes of at least 4 members (excludes halogenated alkanes) is 39. The van der Waals surface area contributed by atoms with Crippen molar-refractivity contribution in [2.45, 2.75) is 354 Å². The monoisotopic (exact) mass is 1310 g/mol. The Bertz CT molecular complexity index is 1920. The highest BCUT2D eigenvalue weighted by Gasteiger charge is 2.27. The number of phosphoric ester groups is 1. The van der Waals surface area contributed by atoms with Crippen LogP contribution in [0, 0.1) is 0 Å². The molecule has 2 atom stereocenters. The number of carbonyl (C=O) groups excluding carboxylic acids is 2. The van der Waals surface area contributed by atoms with Crippen LogP contribution in [-0.2, 0) is 32.7 Å². The fourth-order valence-corrected chi connectivity index (χ4v) is 11.7. The standard InChI is InChI=1S/C82H146NO8P/c1-6-8-10-12-14-16-18-20-22-24-26-28-30-32-34-36-38-39-40-41-42-43-45-46-48-50-52-54-56-58-60-62-64-66-68-70-72-74-81(84)88-78-80(79-90-92(86,87)89-77-76-83(3,4)5)91-82(85)75-73-71-69-67-65-63-61-59-57-55-53-51-49-47-44-37-35-33-31-29-27-25-23-21-19-17-15-13-11-9-7-2/h9,11,15,17-18,20-21,23-24,26-27,29-30,32-33,35,44,47,80H,6-8,10,12-14,16,19,22,25,28,31,34,36-43,45-46,48-79H2,1-5H3/p+1/b11-9-,17-15-,20-18-,23-21-,26-24-,29-27-,32-30-,35-33-,47-44-. The van der Waals surface area contributed by atoms with Crippen LogP contribution in [0.5, 0.6) is 0 Å². The molecule has 0 bridgehead atoms. The lowest BCUT2D eigenvalue weighted by Gasteiger charge is -2.24. The number of likely N-dealkylation sites (N-methyl/N-ethyl adjacent to an activating group) is 1. The molecule has 0 spiro atoms. The first kappa shape index (κ1) is 88.7. The molecule has 0 radical (unpaired) electrons. The lowest BCUT2D eigenvalue weighted by Crippen LogP contribution is -2.37. The Labute approximate surface area is 569 Å². The molecular formula is C82H147NO8P+. The van der Waals surface area contributed by atoms with E-state index in [2.05, 4.69) is 123 Å². The van der Waals surface area contributed by atoms with E-state index in [-0.39, 0.29) is 32.0 Å². The summed E-state index contributed by atoms with van der Waals surface area (Å²) in [5.74, 6) is -0.789. The molecule has 0 aromatic heterocycles. The first-order chi connectivity index (χ1) is 45.0. The summed E-state index contributed by atoms with van der Waals surface area (Å²) in [7, 11) is 1.48. The lowest BCUT2D eigenvalue weighted by molar-refractivity contribution is -0.870. The van der Waals surface area contributed by atoms with Gasteiger partial charge in [0.1, 0.15) is 19.8 Å². The van der Waals surface area contributed by atoms with Crippen molar-refractivity contribution in [3.8, 4) is 0 Å². The van der Waals surface area contributed by atoms with Gasteiger partial charge in [-0.25, -0.2) is 4.57 Å². The second-order valence-corrected chi connectivity index (χ2v) is 28.5. The summed E-state index contributed by atoms with van der Waals surface area (Å²) in [6, 6.07) is 0. The Balaban J connectivity index is 3.98. The Morgan fingerprint density at radius 1 is 0.348 bits per heavy atom.